The largest absolute Gasteiger partial charge is 0.497 e. The molecule has 2 aromatic rings. The van der Waals surface area contributed by atoms with Gasteiger partial charge in [0.15, 0.2) is 0 Å². The summed E-state index contributed by atoms with van der Waals surface area (Å²) >= 11 is 0. The fraction of sp³-hybridized carbons (Fsp3) is 0.556. The van der Waals surface area contributed by atoms with E-state index in [1.54, 1.807) is 51.3 Å². The monoisotopic (exact) mass is 468 g/mol. The van der Waals surface area contributed by atoms with Crippen molar-refractivity contribution in [2.45, 2.75) is 76.6 Å². The van der Waals surface area contributed by atoms with E-state index in [4.69, 9.17) is 13.9 Å². The summed E-state index contributed by atoms with van der Waals surface area (Å²) in [5, 5.41) is 24.3. The van der Waals surface area contributed by atoms with E-state index in [9.17, 15) is 19.8 Å². The van der Waals surface area contributed by atoms with E-state index < -0.39 is 33.3 Å². The van der Waals surface area contributed by atoms with Gasteiger partial charge in [0, 0.05) is 29.9 Å². The van der Waals surface area contributed by atoms with Crippen LogP contribution in [0.15, 0.2) is 39.5 Å². The Balaban J connectivity index is 1.62. The molecule has 2 saturated carbocycles. The molecule has 0 saturated heterocycles. The molecule has 0 amide bonds. The Labute approximate surface area is 198 Å². The van der Waals surface area contributed by atoms with Gasteiger partial charge in [-0.3, -0.25) is 4.79 Å². The van der Waals surface area contributed by atoms with Gasteiger partial charge in [0.05, 0.1) is 23.7 Å². The van der Waals surface area contributed by atoms with Crippen molar-refractivity contribution in [2.75, 3.05) is 7.11 Å². The summed E-state index contributed by atoms with van der Waals surface area (Å²) < 4.78 is 17.3. The molecule has 4 atom stereocenters. The molecule has 2 heterocycles. The Morgan fingerprint density at radius 1 is 0.941 bits per heavy atom. The Morgan fingerprint density at radius 2 is 1.62 bits per heavy atom. The smallest absolute Gasteiger partial charge is 0.343 e. The molecule has 34 heavy (non-hydrogen) atoms. The Kier molecular flexibility index (Phi) is 4.73. The van der Waals surface area contributed by atoms with Gasteiger partial charge in [-0.25, -0.2) is 4.79 Å². The zero-order chi connectivity index (χ0) is 24.7. The van der Waals surface area contributed by atoms with Crippen LogP contribution in [-0.4, -0.2) is 39.9 Å². The number of aliphatic hydroxyl groups is 2. The first kappa shape index (κ1) is 23.1. The summed E-state index contributed by atoms with van der Waals surface area (Å²) in [6.45, 7) is 7.18. The standard InChI is InChI=1S/C27H32O7/c1-23(2)21(28)10-11-24(3)26(23,30)13-12-25(4)27(24,31)15-18-20(34-25)14-19(33-22(18)29)16-6-8-17(32-5)9-7-16/h6-9,14,30-31H,10-13,15H2,1-5H3/t24-,25+,26-,27+/m0/s1. The summed E-state index contributed by atoms with van der Waals surface area (Å²) in [4.78, 5) is 25.9. The normalized spacial score (nSPS) is 36.0. The first-order valence-corrected chi connectivity index (χ1v) is 11.8. The number of ether oxygens (including phenoxy) is 2. The highest BCUT2D eigenvalue weighted by molar-refractivity contribution is 5.87. The summed E-state index contributed by atoms with van der Waals surface area (Å²) in [5.41, 5.74) is -5.79. The topological polar surface area (TPSA) is 106 Å². The van der Waals surface area contributed by atoms with Gasteiger partial charge in [-0.05, 0) is 50.5 Å². The third kappa shape index (κ3) is 2.65. The van der Waals surface area contributed by atoms with Gasteiger partial charge in [0.2, 0.25) is 0 Å². The van der Waals surface area contributed by atoms with E-state index in [-0.39, 0.29) is 24.2 Å². The van der Waals surface area contributed by atoms with Crippen molar-refractivity contribution in [3.05, 3.63) is 46.3 Å². The van der Waals surface area contributed by atoms with Crippen LogP contribution in [0.5, 0.6) is 11.5 Å². The number of benzene rings is 1. The first-order chi connectivity index (χ1) is 15.8. The van der Waals surface area contributed by atoms with Gasteiger partial charge in [0.1, 0.15) is 34.2 Å². The zero-order valence-corrected chi connectivity index (χ0v) is 20.4. The van der Waals surface area contributed by atoms with Gasteiger partial charge in [-0.15, -0.1) is 0 Å². The Bertz CT molecular complexity index is 1230. The maximum atomic E-state index is 13.1. The molecule has 0 bridgehead atoms. The van der Waals surface area contributed by atoms with E-state index in [0.29, 0.717) is 42.1 Å². The highest BCUT2D eigenvalue weighted by atomic mass is 16.5. The molecule has 1 aliphatic heterocycles. The molecule has 7 nitrogen and oxygen atoms in total. The minimum atomic E-state index is -1.58. The predicted octanol–water partition coefficient (Wildman–Crippen LogP) is 3.66. The van der Waals surface area contributed by atoms with Gasteiger partial charge in [-0.2, -0.15) is 0 Å². The van der Waals surface area contributed by atoms with Crippen LogP contribution < -0.4 is 15.1 Å². The predicted molar refractivity (Wildman–Crippen MR) is 125 cm³/mol. The Morgan fingerprint density at radius 3 is 2.26 bits per heavy atom. The lowest BCUT2D eigenvalue weighted by atomic mass is 9.40. The Hall–Kier alpha value is -2.64. The van der Waals surface area contributed by atoms with E-state index in [1.807, 2.05) is 13.8 Å². The van der Waals surface area contributed by atoms with Crippen molar-refractivity contribution in [3.63, 3.8) is 0 Å². The second kappa shape index (κ2) is 6.95. The maximum Gasteiger partial charge on any atom is 0.343 e. The third-order valence-corrected chi connectivity index (χ3v) is 9.40. The van der Waals surface area contributed by atoms with Crippen LogP contribution in [0.2, 0.25) is 0 Å². The molecule has 2 N–H and O–H groups in total. The van der Waals surface area contributed by atoms with Crippen LogP contribution in [0.1, 0.15) is 58.9 Å². The van der Waals surface area contributed by atoms with E-state index in [1.165, 1.54) is 0 Å². The average Bonchev–Trinajstić information content (AvgIpc) is 2.80. The van der Waals surface area contributed by atoms with Crippen LogP contribution in [0, 0.1) is 10.8 Å². The fourth-order valence-corrected chi connectivity index (χ4v) is 6.81. The van der Waals surface area contributed by atoms with Crippen molar-refractivity contribution < 1.29 is 28.9 Å². The third-order valence-electron chi connectivity index (χ3n) is 9.40. The van der Waals surface area contributed by atoms with Gasteiger partial charge < -0.3 is 24.1 Å². The van der Waals surface area contributed by atoms with Crippen LogP contribution in [-0.2, 0) is 11.2 Å². The van der Waals surface area contributed by atoms with Gasteiger partial charge in [-0.1, -0.05) is 20.8 Å². The lowest BCUT2D eigenvalue weighted by Crippen LogP contribution is -2.81. The first-order valence-electron chi connectivity index (χ1n) is 11.8. The number of carbonyl (C=O) groups is 1. The van der Waals surface area contributed by atoms with Crippen molar-refractivity contribution >= 4 is 5.78 Å². The summed E-state index contributed by atoms with van der Waals surface area (Å²) in [6.07, 6.45) is 1.19. The SMILES string of the molecule is COc1ccc(-c2cc3c(c(=O)o2)C[C@@]2(O)[C@@]4(C)CCC(=O)C(C)(C)[C@@]4(O)CC[C@@]2(C)O3)cc1. The fourth-order valence-electron chi connectivity index (χ4n) is 6.81. The number of Topliss-reactive ketones (excluding diaryl/α,β-unsaturated/α-hetero) is 1. The zero-order valence-electron chi connectivity index (χ0n) is 20.4. The average molecular weight is 469 g/mol. The molecule has 1 aromatic heterocycles. The second-order valence-corrected chi connectivity index (χ2v) is 11.1. The summed E-state index contributed by atoms with van der Waals surface area (Å²) in [7, 11) is 1.58. The quantitative estimate of drug-likeness (QED) is 0.693. The van der Waals surface area contributed by atoms with Crippen molar-refractivity contribution in [3.8, 4) is 22.8 Å². The number of ketones is 1. The highest BCUT2D eigenvalue weighted by Gasteiger charge is 2.76. The molecule has 1 aromatic carbocycles. The minimum Gasteiger partial charge on any atom is -0.497 e. The van der Waals surface area contributed by atoms with Crippen molar-refractivity contribution in [1.82, 2.24) is 0 Å². The number of rotatable bonds is 2. The second-order valence-electron chi connectivity index (χ2n) is 11.1. The molecule has 0 radical (unpaired) electrons. The van der Waals surface area contributed by atoms with Crippen LogP contribution >= 0.6 is 0 Å². The van der Waals surface area contributed by atoms with Gasteiger partial charge in [0.25, 0.3) is 0 Å². The number of methoxy groups -OCH3 is 1. The molecule has 0 unspecified atom stereocenters. The van der Waals surface area contributed by atoms with E-state index >= 15 is 0 Å². The number of hydrogen-bond donors (Lipinski definition) is 2. The molecule has 0 spiro atoms. The van der Waals surface area contributed by atoms with Crippen LogP contribution in [0.4, 0.5) is 0 Å². The lowest BCUT2D eigenvalue weighted by molar-refractivity contribution is -0.318. The molecular weight excluding hydrogens is 436 g/mol. The molecule has 3 aliphatic rings. The maximum absolute atomic E-state index is 13.1. The molecule has 5 rings (SSSR count). The minimum absolute atomic E-state index is 0.0135. The van der Waals surface area contributed by atoms with E-state index in [2.05, 4.69) is 0 Å². The van der Waals surface area contributed by atoms with E-state index in [0.717, 1.165) is 0 Å². The lowest BCUT2D eigenvalue weighted by Gasteiger charge is -2.69. The van der Waals surface area contributed by atoms with Crippen molar-refractivity contribution in [1.29, 1.82) is 0 Å². The number of fused-ring (bicyclic) bond motifs is 4. The van der Waals surface area contributed by atoms with Crippen molar-refractivity contribution in [2.24, 2.45) is 10.8 Å². The summed E-state index contributed by atoms with van der Waals surface area (Å²) in [6, 6.07) is 8.86. The number of carbonyl (C=O) groups excluding carboxylic acids is 1. The molecule has 7 heteroatoms. The van der Waals surface area contributed by atoms with Crippen LogP contribution in [0.25, 0.3) is 11.3 Å². The van der Waals surface area contributed by atoms with Crippen LogP contribution in [0.3, 0.4) is 0 Å². The molecular formula is C27H32O7. The molecule has 182 valence electrons. The molecule has 2 aliphatic carbocycles. The number of hydrogen-bond acceptors (Lipinski definition) is 7. The highest BCUT2D eigenvalue weighted by Crippen LogP contribution is 2.67. The molecule has 2 fully saturated rings. The summed E-state index contributed by atoms with van der Waals surface area (Å²) in [5.74, 6) is 1.42. The van der Waals surface area contributed by atoms with Gasteiger partial charge >= 0.3 is 5.63 Å².